The predicted molar refractivity (Wildman–Crippen MR) is 132 cm³/mol. The topological polar surface area (TPSA) is 68.2 Å². The molecule has 0 atom stereocenters. The van der Waals surface area contributed by atoms with E-state index in [4.69, 9.17) is 17.0 Å². The van der Waals surface area contributed by atoms with E-state index in [2.05, 4.69) is 43.8 Å². The molecule has 0 spiro atoms. The lowest BCUT2D eigenvalue weighted by molar-refractivity contribution is 0.0601. The number of nitrogens with zero attached hydrogens (tertiary/aromatic N) is 2. The van der Waals surface area contributed by atoms with E-state index in [1.54, 1.807) is 17.5 Å². The van der Waals surface area contributed by atoms with Crippen LogP contribution in [0.2, 0.25) is 0 Å². The zero-order valence-electron chi connectivity index (χ0n) is 17.1. The predicted octanol–water partition coefficient (Wildman–Crippen LogP) is 5.62. The van der Waals surface area contributed by atoms with E-state index in [-0.39, 0.29) is 5.97 Å². The maximum Gasteiger partial charge on any atom is 0.341 e. The van der Waals surface area contributed by atoms with E-state index < -0.39 is 0 Å². The minimum absolute atomic E-state index is 0.313. The van der Waals surface area contributed by atoms with E-state index in [1.165, 1.54) is 18.4 Å². The van der Waals surface area contributed by atoms with Crippen molar-refractivity contribution in [3.63, 3.8) is 0 Å². The summed E-state index contributed by atoms with van der Waals surface area (Å²) in [5.41, 5.74) is 3.68. The van der Waals surface area contributed by atoms with Crippen LogP contribution in [0, 0.1) is 0 Å². The summed E-state index contributed by atoms with van der Waals surface area (Å²) < 4.78 is 7.95. The van der Waals surface area contributed by atoms with Crippen molar-refractivity contribution < 1.29 is 9.53 Å². The van der Waals surface area contributed by atoms with Crippen LogP contribution in [0.1, 0.15) is 45.6 Å². The molecule has 0 saturated heterocycles. The van der Waals surface area contributed by atoms with Gasteiger partial charge in [-0.2, -0.15) is 5.10 Å². The van der Waals surface area contributed by atoms with Crippen LogP contribution in [0.3, 0.4) is 0 Å². The van der Waals surface area contributed by atoms with Crippen LogP contribution < -0.4 is 10.6 Å². The number of aryl methyl sites for hydroxylation is 1. The van der Waals surface area contributed by atoms with Crippen LogP contribution in [-0.2, 0) is 24.1 Å². The summed E-state index contributed by atoms with van der Waals surface area (Å²) in [5.74, 6) is -0.313. The molecule has 162 valence electrons. The molecule has 9 heteroatoms. The molecule has 2 heterocycles. The maximum absolute atomic E-state index is 12.5. The molecule has 0 saturated carbocycles. The molecule has 0 bridgehead atoms. The number of nitrogens with one attached hydrogen (secondary N) is 2. The van der Waals surface area contributed by atoms with Gasteiger partial charge in [0.2, 0.25) is 0 Å². The zero-order valence-corrected chi connectivity index (χ0v) is 20.3. The maximum atomic E-state index is 12.5. The van der Waals surface area contributed by atoms with Gasteiger partial charge in [0.05, 0.1) is 31.1 Å². The molecule has 0 amide bonds. The number of hydrogen-bond acceptors (Lipinski definition) is 5. The van der Waals surface area contributed by atoms with E-state index in [1.807, 2.05) is 23.0 Å². The van der Waals surface area contributed by atoms with Gasteiger partial charge < -0.3 is 15.4 Å². The highest BCUT2D eigenvalue weighted by molar-refractivity contribution is 9.10. The second-order valence-electron chi connectivity index (χ2n) is 7.39. The summed E-state index contributed by atoms with van der Waals surface area (Å²) in [6.45, 7) is 0.666. The van der Waals surface area contributed by atoms with Gasteiger partial charge in [0.15, 0.2) is 5.11 Å². The Bertz CT molecular complexity index is 1090. The molecule has 1 aliphatic rings. The van der Waals surface area contributed by atoms with Gasteiger partial charge in [-0.3, -0.25) is 4.68 Å². The molecule has 3 aromatic rings. The number of benzene rings is 1. The quantitative estimate of drug-likeness (QED) is 0.259. The number of rotatable bonds is 5. The Labute approximate surface area is 199 Å². The molecule has 0 fully saturated rings. The van der Waals surface area contributed by atoms with Crippen molar-refractivity contribution in [1.82, 2.24) is 9.78 Å². The van der Waals surface area contributed by atoms with E-state index in [0.29, 0.717) is 17.2 Å². The smallest absolute Gasteiger partial charge is 0.341 e. The fourth-order valence-electron chi connectivity index (χ4n) is 3.71. The number of aromatic nitrogens is 2. The first-order valence-corrected chi connectivity index (χ1v) is 12.1. The van der Waals surface area contributed by atoms with E-state index in [9.17, 15) is 4.79 Å². The van der Waals surface area contributed by atoms with Gasteiger partial charge in [0, 0.05) is 15.5 Å². The molecule has 1 aromatic carbocycles. The second kappa shape index (κ2) is 9.93. The number of anilines is 2. The van der Waals surface area contributed by atoms with Gasteiger partial charge in [0.25, 0.3) is 0 Å². The summed E-state index contributed by atoms with van der Waals surface area (Å²) in [4.78, 5) is 13.7. The fourth-order valence-corrected chi connectivity index (χ4v) is 5.54. The number of methoxy groups -OCH3 is 1. The summed E-state index contributed by atoms with van der Waals surface area (Å²) in [6.07, 6.45) is 8.96. The van der Waals surface area contributed by atoms with Gasteiger partial charge in [-0.15, -0.1) is 11.3 Å². The Balaban J connectivity index is 1.45. The minimum atomic E-state index is -0.313. The van der Waals surface area contributed by atoms with Gasteiger partial charge >= 0.3 is 5.97 Å². The van der Waals surface area contributed by atoms with Crippen LogP contribution in [-0.4, -0.2) is 28.0 Å². The number of ether oxygens (including phenoxy) is 1. The molecule has 2 N–H and O–H groups in total. The third-order valence-corrected chi connectivity index (χ3v) is 7.13. The molecule has 0 unspecified atom stereocenters. The van der Waals surface area contributed by atoms with Crippen molar-refractivity contribution in [3.05, 3.63) is 62.7 Å². The van der Waals surface area contributed by atoms with Crippen molar-refractivity contribution in [2.75, 3.05) is 17.7 Å². The molecular formula is C22H23BrN4O2S2. The lowest BCUT2D eigenvalue weighted by Gasteiger charge is -2.10. The van der Waals surface area contributed by atoms with Gasteiger partial charge in [0.1, 0.15) is 5.00 Å². The van der Waals surface area contributed by atoms with Gasteiger partial charge in [-0.1, -0.05) is 34.5 Å². The molecule has 2 aromatic heterocycles. The van der Waals surface area contributed by atoms with Crippen LogP contribution in [0.15, 0.2) is 41.1 Å². The van der Waals surface area contributed by atoms with Crippen LogP contribution in [0.4, 0.5) is 10.7 Å². The Morgan fingerprint density at radius 3 is 2.77 bits per heavy atom. The van der Waals surface area contributed by atoms with Crippen LogP contribution in [0.25, 0.3) is 0 Å². The number of carbonyl (C=O) groups excluding carboxylic acids is 1. The average molecular weight is 519 g/mol. The normalized spacial score (nSPS) is 13.2. The number of carbonyl (C=O) groups is 1. The number of hydrogen-bond donors (Lipinski definition) is 2. The first kappa shape index (κ1) is 22.0. The van der Waals surface area contributed by atoms with Crippen LogP contribution >= 0.6 is 39.5 Å². The highest BCUT2D eigenvalue weighted by Gasteiger charge is 2.25. The lowest BCUT2D eigenvalue weighted by Crippen LogP contribution is -2.20. The van der Waals surface area contributed by atoms with Crippen molar-refractivity contribution >= 4 is 61.3 Å². The number of halogens is 1. The number of thiocarbonyl (C=S) groups is 1. The van der Waals surface area contributed by atoms with E-state index in [0.717, 1.165) is 52.0 Å². The Hall–Kier alpha value is -2.23. The van der Waals surface area contributed by atoms with Crippen molar-refractivity contribution in [2.24, 2.45) is 0 Å². The molecule has 4 rings (SSSR count). The third-order valence-electron chi connectivity index (χ3n) is 5.19. The molecule has 0 radical (unpaired) electrons. The third kappa shape index (κ3) is 5.34. The van der Waals surface area contributed by atoms with Crippen molar-refractivity contribution in [2.45, 2.75) is 38.6 Å². The summed E-state index contributed by atoms with van der Waals surface area (Å²) in [7, 11) is 1.42. The van der Waals surface area contributed by atoms with E-state index >= 15 is 0 Å². The number of esters is 1. The van der Waals surface area contributed by atoms with Crippen LogP contribution in [0.5, 0.6) is 0 Å². The number of thiophene rings is 1. The highest BCUT2D eigenvalue weighted by Crippen LogP contribution is 2.38. The Morgan fingerprint density at radius 2 is 2.00 bits per heavy atom. The lowest BCUT2D eigenvalue weighted by atomic mass is 10.1. The molecule has 31 heavy (non-hydrogen) atoms. The molecule has 0 aliphatic heterocycles. The second-order valence-corrected chi connectivity index (χ2v) is 9.82. The van der Waals surface area contributed by atoms with Crippen molar-refractivity contribution in [3.8, 4) is 0 Å². The number of fused-ring (bicyclic) bond motifs is 1. The molecular weight excluding hydrogens is 496 g/mol. The first-order chi connectivity index (χ1) is 15.0. The standard InChI is InChI=1S/C22H23BrN4O2S2/c1-29-21(28)19-17-5-3-2-4-6-18(17)31-20(19)26-22(30)25-16-11-24-27(13-16)12-14-7-9-15(23)10-8-14/h7-11,13H,2-6,12H2,1H3,(H2,25,26,30). The average Bonchev–Trinajstić information content (AvgIpc) is 3.25. The fraction of sp³-hybridized carbons (Fsp3) is 0.318. The largest absolute Gasteiger partial charge is 0.465 e. The summed E-state index contributed by atoms with van der Waals surface area (Å²) in [5, 5.41) is 11.9. The Kier molecular flexibility index (Phi) is 7.04. The first-order valence-electron chi connectivity index (χ1n) is 10.1. The van der Waals surface area contributed by atoms with Gasteiger partial charge in [-0.25, -0.2) is 4.79 Å². The van der Waals surface area contributed by atoms with Crippen molar-refractivity contribution in [1.29, 1.82) is 0 Å². The molecule has 6 nitrogen and oxygen atoms in total. The minimum Gasteiger partial charge on any atom is -0.465 e. The Morgan fingerprint density at radius 1 is 1.23 bits per heavy atom. The van der Waals surface area contributed by atoms with Gasteiger partial charge in [-0.05, 0) is 61.2 Å². The summed E-state index contributed by atoms with van der Waals surface area (Å²) >= 11 is 10.6. The highest BCUT2D eigenvalue weighted by atomic mass is 79.9. The summed E-state index contributed by atoms with van der Waals surface area (Å²) in [6, 6.07) is 8.14. The SMILES string of the molecule is COC(=O)c1c(NC(=S)Nc2cnn(Cc3ccc(Br)cc3)c2)sc2c1CCCCC2. The molecule has 1 aliphatic carbocycles. The monoisotopic (exact) mass is 518 g/mol. The zero-order chi connectivity index (χ0) is 21.8.